The van der Waals surface area contributed by atoms with Crippen LogP contribution >= 0.6 is 12.4 Å². The van der Waals surface area contributed by atoms with Gasteiger partial charge in [-0.15, -0.1) is 12.4 Å². The van der Waals surface area contributed by atoms with Gasteiger partial charge in [0, 0.05) is 6.54 Å². The molecule has 7 nitrogen and oxygen atoms in total. The first kappa shape index (κ1) is 23.2. The Balaban J connectivity index is 0.00000289. The van der Waals surface area contributed by atoms with Crippen LogP contribution in [-0.4, -0.2) is 34.9 Å². The molecule has 2 aromatic carbocycles. The minimum Gasteiger partial charge on any atom is -0.314 e. The van der Waals surface area contributed by atoms with Gasteiger partial charge in [-0.2, -0.15) is 0 Å². The summed E-state index contributed by atoms with van der Waals surface area (Å²) in [7, 11) is 1.73. The second-order valence-electron chi connectivity index (χ2n) is 7.46. The highest BCUT2D eigenvalue weighted by atomic mass is 35.5. The van der Waals surface area contributed by atoms with Crippen molar-refractivity contribution in [1.29, 1.82) is 0 Å². The third-order valence-corrected chi connectivity index (χ3v) is 5.30. The summed E-state index contributed by atoms with van der Waals surface area (Å²) in [4.78, 5) is 33.8. The molecular formula is C24H26ClN5O2. The number of hydrogen-bond acceptors (Lipinski definition) is 4. The predicted octanol–water partition coefficient (Wildman–Crippen LogP) is 4.32. The number of amides is 3. The van der Waals surface area contributed by atoms with Crippen molar-refractivity contribution < 1.29 is 9.59 Å². The average molecular weight is 452 g/mol. The SMILES string of the molecule is CNC(C)C(=O)Nc1ccc2c(n1)CN(Cc1ccccc1)C(=O)N2c1ccccc1.Cl. The van der Waals surface area contributed by atoms with Gasteiger partial charge in [0.15, 0.2) is 0 Å². The maximum Gasteiger partial charge on any atom is 0.329 e. The fourth-order valence-electron chi connectivity index (χ4n) is 3.50. The summed E-state index contributed by atoms with van der Waals surface area (Å²) in [6, 6.07) is 22.5. The van der Waals surface area contributed by atoms with Crippen LogP contribution in [0.3, 0.4) is 0 Å². The van der Waals surface area contributed by atoms with Crippen LogP contribution in [0, 0.1) is 0 Å². The van der Waals surface area contributed by atoms with Crippen LogP contribution in [0.5, 0.6) is 0 Å². The summed E-state index contributed by atoms with van der Waals surface area (Å²) in [5, 5.41) is 5.75. The Morgan fingerprint density at radius 3 is 2.34 bits per heavy atom. The molecule has 32 heavy (non-hydrogen) atoms. The number of nitrogens with one attached hydrogen (secondary N) is 2. The highest BCUT2D eigenvalue weighted by molar-refractivity contribution is 6.02. The molecule has 1 atom stereocenters. The van der Waals surface area contributed by atoms with E-state index in [0.717, 1.165) is 22.6 Å². The smallest absolute Gasteiger partial charge is 0.314 e. The molecule has 0 spiro atoms. The molecule has 0 radical (unpaired) electrons. The monoisotopic (exact) mass is 451 g/mol. The molecule has 3 aromatic rings. The normalized spacial score (nSPS) is 13.8. The van der Waals surface area contributed by atoms with E-state index in [1.165, 1.54) is 0 Å². The number of likely N-dealkylation sites (N-methyl/N-ethyl adjacent to an activating group) is 1. The van der Waals surface area contributed by atoms with E-state index < -0.39 is 0 Å². The zero-order valence-electron chi connectivity index (χ0n) is 18.0. The van der Waals surface area contributed by atoms with Crippen molar-refractivity contribution in [2.45, 2.75) is 26.1 Å². The van der Waals surface area contributed by atoms with Crippen LogP contribution in [0.25, 0.3) is 0 Å². The van der Waals surface area contributed by atoms with Gasteiger partial charge in [-0.1, -0.05) is 48.5 Å². The van der Waals surface area contributed by atoms with E-state index in [-0.39, 0.29) is 30.4 Å². The van der Waals surface area contributed by atoms with Crippen molar-refractivity contribution in [3.63, 3.8) is 0 Å². The minimum atomic E-state index is -0.338. The van der Waals surface area contributed by atoms with Crippen LogP contribution in [0.15, 0.2) is 72.8 Å². The topological polar surface area (TPSA) is 77.6 Å². The highest BCUT2D eigenvalue weighted by Crippen LogP contribution is 2.35. The molecule has 1 aromatic heterocycles. The molecule has 2 N–H and O–H groups in total. The number of carbonyl (C=O) groups is 2. The van der Waals surface area contributed by atoms with Crippen molar-refractivity contribution in [2.24, 2.45) is 0 Å². The number of hydrogen-bond donors (Lipinski definition) is 2. The average Bonchev–Trinajstić information content (AvgIpc) is 2.80. The molecule has 0 saturated carbocycles. The maximum absolute atomic E-state index is 13.4. The van der Waals surface area contributed by atoms with Gasteiger partial charge in [-0.3, -0.25) is 9.69 Å². The lowest BCUT2D eigenvalue weighted by atomic mass is 10.1. The van der Waals surface area contributed by atoms with Gasteiger partial charge >= 0.3 is 6.03 Å². The third-order valence-electron chi connectivity index (χ3n) is 5.30. The van der Waals surface area contributed by atoms with Crippen molar-refractivity contribution >= 4 is 41.5 Å². The first-order chi connectivity index (χ1) is 15.1. The molecular weight excluding hydrogens is 426 g/mol. The summed E-state index contributed by atoms with van der Waals surface area (Å²) < 4.78 is 0. The second kappa shape index (κ2) is 10.3. The van der Waals surface area contributed by atoms with Crippen LogP contribution in [0.1, 0.15) is 18.2 Å². The minimum absolute atomic E-state index is 0. The number of anilines is 3. The number of halogens is 1. The highest BCUT2D eigenvalue weighted by Gasteiger charge is 2.32. The summed E-state index contributed by atoms with van der Waals surface area (Å²) in [5.41, 5.74) is 3.27. The zero-order chi connectivity index (χ0) is 21.8. The lowest BCUT2D eigenvalue weighted by molar-refractivity contribution is -0.117. The number of rotatable bonds is 6. The van der Waals surface area contributed by atoms with Gasteiger partial charge < -0.3 is 15.5 Å². The summed E-state index contributed by atoms with van der Waals surface area (Å²) in [6.07, 6.45) is 0. The lowest BCUT2D eigenvalue weighted by Crippen LogP contribution is -2.44. The summed E-state index contributed by atoms with van der Waals surface area (Å²) >= 11 is 0. The van der Waals surface area contributed by atoms with Crippen molar-refractivity contribution in [3.8, 4) is 0 Å². The molecule has 0 aliphatic carbocycles. The van der Waals surface area contributed by atoms with E-state index >= 15 is 0 Å². The van der Waals surface area contributed by atoms with Crippen LogP contribution < -0.4 is 15.5 Å². The molecule has 0 saturated heterocycles. The molecule has 4 rings (SSSR count). The van der Waals surface area contributed by atoms with E-state index in [1.54, 1.807) is 29.8 Å². The quantitative estimate of drug-likeness (QED) is 0.585. The first-order valence-corrected chi connectivity index (χ1v) is 10.2. The van der Waals surface area contributed by atoms with Gasteiger partial charge in [-0.25, -0.2) is 9.78 Å². The molecule has 3 amide bonds. The van der Waals surface area contributed by atoms with Gasteiger partial charge in [0.1, 0.15) is 5.82 Å². The van der Waals surface area contributed by atoms with E-state index in [1.807, 2.05) is 66.7 Å². The number of benzene rings is 2. The summed E-state index contributed by atoms with van der Waals surface area (Å²) in [5.74, 6) is 0.302. The van der Waals surface area contributed by atoms with Crippen molar-refractivity contribution in [3.05, 3.63) is 84.1 Å². The molecule has 1 aliphatic rings. The molecule has 166 valence electrons. The Hall–Kier alpha value is -3.42. The third kappa shape index (κ3) is 4.90. The Kier molecular flexibility index (Phi) is 7.45. The van der Waals surface area contributed by atoms with Gasteiger partial charge in [-0.05, 0) is 43.8 Å². The maximum atomic E-state index is 13.4. The van der Waals surface area contributed by atoms with Gasteiger partial charge in [0.25, 0.3) is 0 Å². The lowest BCUT2D eigenvalue weighted by Gasteiger charge is -2.36. The molecule has 2 heterocycles. The zero-order valence-corrected chi connectivity index (χ0v) is 18.8. The van der Waals surface area contributed by atoms with Gasteiger partial charge in [0.05, 0.1) is 29.7 Å². The molecule has 8 heteroatoms. The number of pyridine rings is 1. The number of fused-ring (bicyclic) bond motifs is 1. The molecule has 0 bridgehead atoms. The second-order valence-corrected chi connectivity index (χ2v) is 7.46. The predicted molar refractivity (Wildman–Crippen MR) is 128 cm³/mol. The Labute approximate surface area is 193 Å². The number of para-hydroxylation sites is 1. The summed E-state index contributed by atoms with van der Waals surface area (Å²) in [6.45, 7) is 2.61. The fraction of sp³-hybridized carbons (Fsp3) is 0.208. The van der Waals surface area contributed by atoms with Crippen LogP contribution in [0.2, 0.25) is 0 Å². The van der Waals surface area contributed by atoms with Crippen LogP contribution in [-0.2, 0) is 17.9 Å². The van der Waals surface area contributed by atoms with Crippen LogP contribution in [0.4, 0.5) is 22.0 Å². The van der Waals surface area contributed by atoms with E-state index in [4.69, 9.17) is 0 Å². The Bertz CT molecular complexity index is 1080. The molecule has 1 unspecified atom stereocenters. The fourth-order valence-corrected chi connectivity index (χ4v) is 3.50. The first-order valence-electron chi connectivity index (χ1n) is 10.2. The Morgan fingerprint density at radius 1 is 1.03 bits per heavy atom. The number of aromatic nitrogens is 1. The van der Waals surface area contributed by atoms with Crippen molar-refractivity contribution in [1.82, 2.24) is 15.2 Å². The Morgan fingerprint density at radius 2 is 1.69 bits per heavy atom. The van der Waals surface area contributed by atoms with E-state index in [0.29, 0.717) is 18.9 Å². The number of urea groups is 1. The van der Waals surface area contributed by atoms with Gasteiger partial charge in [0.2, 0.25) is 5.91 Å². The van der Waals surface area contributed by atoms with E-state index in [9.17, 15) is 9.59 Å². The van der Waals surface area contributed by atoms with Crippen molar-refractivity contribution in [2.75, 3.05) is 17.3 Å². The molecule has 0 fully saturated rings. The largest absolute Gasteiger partial charge is 0.329 e. The number of carbonyl (C=O) groups excluding carboxylic acids is 2. The standard InChI is InChI=1S/C24H25N5O2.ClH/c1-17(25-2)23(30)27-22-14-13-21-20(26-22)16-28(15-18-9-5-3-6-10-18)24(31)29(21)19-11-7-4-8-12-19;/h3-14,17,25H,15-16H2,1-2H3,(H,26,27,30);1H. The van der Waals surface area contributed by atoms with E-state index in [2.05, 4.69) is 15.6 Å². The molecule has 1 aliphatic heterocycles. The number of nitrogens with zero attached hydrogens (tertiary/aromatic N) is 3.